The van der Waals surface area contributed by atoms with Gasteiger partial charge in [0.1, 0.15) is 0 Å². The fourth-order valence-electron chi connectivity index (χ4n) is 0.558. The van der Waals surface area contributed by atoms with Crippen molar-refractivity contribution in [3.05, 3.63) is 0 Å². The first kappa shape index (κ1) is 2.99. The van der Waals surface area contributed by atoms with Crippen LogP contribution in [-0.2, 0) is 9.78 Å². The van der Waals surface area contributed by atoms with Crippen molar-refractivity contribution in [3.63, 3.8) is 0 Å². The maximum atomic E-state index is 4.53. The molecule has 0 aromatic carbocycles. The fraction of sp³-hybridized carbons (Fsp3) is 1.00. The lowest BCUT2D eigenvalue weighted by Gasteiger charge is -1.67. The van der Waals surface area contributed by atoms with Crippen LogP contribution in [0.25, 0.3) is 0 Å². The van der Waals surface area contributed by atoms with Crippen LogP contribution in [0.15, 0.2) is 0 Å². The van der Waals surface area contributed by atoms with Crippen molar-refractivity contribution in [2.45, 2.75) is 19.1 Å². The van der Waals surface area contributed by atoms with Crippen LogP contribution >= 0.6 is 0 Å². The molecule has 2 fully saturated rings. The van der Waals surface area contributed by atoms with Crippen molar-refractivity contribution < 1.29 is 9.78 Å². The Balaban J connectivity index is 1.92. The molecule has 0 unspecified atom stereocenters. The second-order valence-corrected chi connectivity index (χ2v) is 1.90. The largest absolute Gasteiger partial charge is 0.227 e. The zero-order valence-corrected chi connectivity index (χ0v) is 3.39. The van der Waals surface area contributed by atoms with Gasteiger partial charge in [0.2, 0.25) is 6.29 Å². The summed E-state index contributed by atoms with van der Waals surface area (Å²) >= 11 is 0. The Hall–Kier alpha value is -0.0800. The van der Waals surface area contributed by atoms with Gasteiger partial charge in [0.05, 0.1) is 0 Å². The van der Waals surface area contributed by atoms with E-state index >= 15 is 0 Å². The molecule has 1 saturated carbocycles. The summed E-state index contributed by atoms with van der Waals surface area (Å²) in [4.78, 5) is 9.06. The fourth-order valence-corrected chi connectivity index (χ4v) is 0.558. The average molecular weight is 86.1 g/mol. The van der Waals surface area contributed by atoms with E-state index in [9.17, 15) is 0 Å². The molecule has 6 heavy (non-hydrogen) atoms. The van der Waals surface area contributed by atoms with Gasteiger partial charge in [-0.15, -0.1) is 0 Å². The summed E-state index contributed by atoms with van der Waals surface area (Å²) < 4.78 is 0. The van der Waals surface area contributed by atoms with Crippen molar-refractivity contribution in [2.24, 2.45) is 5.92 Å². The van der Waals surface area contributed by atoms with E-state index in [-0.39, 0.29) is 6.29 Å². The Morgan fingerprint density at radius 2 is 1.83 bits per heavy atom. The maximum absolute atomic E-state index is 4.53. The van der Waals surface area contributed by atoms with Crippen LogP contribution in [-0.4, -0.2) is 6.29 Å². The van der Waals surface area contributed by atoms with Crippen LogP contribution in [0.4, 0.5) is 0 Å². The minimum absolute atomic E-state index is 0.213. The quantitative estimate of drug-likeness (QED) is 0.346. The highest BCUT2D eigenvalue weighted by atomic mass is 17.4. The van der Waals surface area contributed by atoms with Crippen LogP contribution in [0, 0.1) is 5.92 Å². The van der Waals surface area contributed by atoms with Gasteiger partial charge >= 0.3 is 0 Å². The summed E-state index contributed by atoms with van der Waals surface area (Å²) in [6.07, 6.45) is 2.83. The van der Waals surface area contributed by atoms with Gasteiger partial charge in [-0.1, -0.05) is 0 Å². The van der Waals surface area contributed by atoms with Gasteiger partial charge in [-0.3, -0.25) is 0 Å². The second-order valence-electron chi connectivity index (χ2n) is 1.90. The summed E-state index contributed by atoms with van der Waals surface area (Å²) in [6.45, 7) is 0. The van der Waals surface area contributed by atoms with E-state index in [2.05, 4.69) is 9.78 Å². The van der Waals surface area contributed by atoms with Crippen molar-refractivity contribution in [1.29, 1.82) is 0 Å². The highest BCUT2D eigenvalue weighted by Gasteiger charge is 2.42. The Bertz CT molecular complexity index is 53.9. The SMILES string of the molecule is C1CC1C1OO1. The summed E-state index contributed by atoms with van der Waals surface area (Å²) in [7, 11) is 0. The number of rotatable bonds is 1. The van der Waals surface area contributed by atoms with Crippen LogP contribution in [0.5, 0.6) is 0 Å². The molecule has 0 atom stereocenters. The van der Waals surface area contributed by atoms with E-state index in [1.807, 2.05) is 0 Å². The number of hydrogen-bond acceptors (Lipinski definition) is 2. The van der Waals surface area contributed by atoms with E-state index in [1.165, 1.54) is 12.8 Å². The van der Waals surface area contributed by atoms with Gasteiger partial charge in [-0.05, 0) is 12.8 Å². The molecule has 2 rings (SSSR count). The molecule has 0 N–H and O–H groups in total. The van der Waals surface area contributed by atoms with Gasteiger partial charge in [-0.25, -0.2) is 0 Å². The zero-order valence-electron chi connectivity index (χ0n) is 3.39. The molecule has 1 aliphatic carbocycles. The molecule has 0 aromatic heterocycles. The lowest BCUT2D eigenvalue weighted by molar-refractivity contribution is 0.0850. The third kappa shape index (κ3) is 0.340. The van der Waals surface area contributed by atoms with Crippen molar-refractivity contribution >= 4 is 0 Å². The van der Waals surface area contributed by atoms with Gasteiger partial charge < -0.3 is 0 Å². The zero-order chi connectivity index (χ0) is 3.98. The molecule has 0 bridgehead atoms. The van der Waals surface area contributed by atoms with E-state index < -0.39 is 0 Å². The third-order valence-corrected chi connectivity index (χ3v) is 1.21. The molecule has 34 valence electrons. The van der Waals surface area contributed by atoms with Crippen molar-refractivity contribution in [1.82, 2.24) is 0 Å². The van der Waals surface area contributed by atoms with Gasteiger partial charge in [0.25, 0.3) is 0 Å². The molecule has 0 spiro atoms. The second kappa shape index (κ2) is 0.768. The standard InChI is InChI=1S/C4H6O2/c1-2-3(1)4-5-6-4/h3-4H,1-2H2. The van der Waals surface area contributed by atoms with Crippen molar-refractivity contribution in [2.75, 3.05) is 0 Å². The molecule has 0 aromatic rings. The Morgan fingerprint density at radius 1 is 1.17 bits per heavy atom. The molecule has 1 saturated heterocycles. The average Bonchev–Trinajstić information content (AvgIpc) is 2.26. The Morgan fingerprint density at radius 3 is 2.00 bits per heavy atom. The molecule has 0 radical (unpaired) electrons. The molecule has 2 nitrogen and oxygen atoms in total. The van der Waals surface area contributed by atoms with Crippen LogP contribution in [0.3, 0.4) is 0 Å². The first-order valence-electron chi connectivity index (χ1n) is 2.29. The predicted molar refractivity (Wildman–Crippen MR) is 18.7 cm³/mol. The maximum Gasteiger partial charge on any atom is 0.227 e. The van der Waals surface area contributed by atoms with E-state index in [4.69, 9.17) is 0 Å². The lowest BCUT2D eigenvalue weighted by Crippen LogP contribution is -1.81. The number of hydrogen-bond donors (Lipinski definition) is 0. The molecule has 2 heteroatoms. The first-order valence-corrected chi connectivity index (χ1v) is 2.29. The van der Waals surface area contributed by atoms with Gasteiger partial charge in [-0.2, -0.15) is 9.78 Å². The minimum atomic E-state index is 0.213. The summed E-state index contributed by atoms with van der Waals surface area (Å²) in [5.41, 5.74) is 0. The van der Waals surface area contributed by atoms with Crippen LogP contribution in [0.2, 0.25) is 0 Å². The Kier molecular flexibility index (Phi) is 0.383. The van der Waals surface area contributed by atoms with Gasteiger partial charge in [0.15, 0.2) is 0 Å². The molecule has 0 amide bonds. The smallest absolute Gasteiger partial charge is 0.198 e. The third-order valence-electron chi connectivity index (χ3n) is 1.21. The minimum Gasteiger partial charge on any atom is -0.198 e. The van der Waals surface area contributed by atoms with Crippen LogP contribution in [0.1, 0.15) is 12.8 Å². The van der Waals surface area contributed by atoms with E-state index in [1.54, 1.807) is 0 Å². The van der Waals surface area contributed by atoms with E-state index in [0.29, 0.717) is 0 Å². The lowest BCUT2D eigenvalue weighted by atomic mass is 10.4. The molecular weight excluding hydrogens is 80.0 g/mol. The molecular formula is C4H6O2. The van der Waals surface area contributed by atoms with Crippen LogP contribution < -0.4 is 0 Å². The van der Waals surface area contributed by atoms with Gasteiger partial charge in [0, 0.05) is 5.92 Å². The first-order chi connectivity index (χ1) is 2.97. The normalized spacial score (nSPS) is 34.0. The molecule has 1 heterocycles. The summed E-state index contributed by atoms with van der Waals surface area (Å²) in [5, 5.41) is 0. The Labute approximate surface area is 36.0 Å². The topological polar surface area (TPSA) is 25.1 Å². The predicted octanol–water partition coefficient (Wildman–Crippen LogP) is 0.684. The summed E-state index contributed by atoms with van der Waals surface area (Å²) in [5.74, 6) is 0.769. The molecule has 2 aliphatic rings. The molecule has 1 aliphatic heterocycles. The highest BCUT2D eigenvalue weighted by Crippen LogP contribution is 2.40. The summed E-state index contributed by atoms with van der Waals surface area (Å²) in [6, 6.07) is 0. The van der Waals surface area contributed by atoms with E-state index in [0.717, 1.165) is 5.92 Å². The monoisotopic (exact) mass is 86.0 g/mol. The van der Waals surface area contributed by atoms with Crippen molar-refractivity contribution in [3.8, 4) is 0 Å². The highest BCUT2D eigenvalue weighted by molar-refractivity contribution is 4.78.